The van der Waals surface area contributed by atoms with Gasteiger partial charge in [0.25, 0.3) is 0 Å². The molecule has 0 unspecified atom stereocenters. The van der Waals surface area contributed by atoms with E-state index < -0.39 is 11.8 Å². The lowest BCUT2D eigenvalue weighted by molar-refractivity contribution is -0.139. The van der Waals surface area contributed by atoms with Crippen LogP contribution >= 0.6 is 0 Å². The van der Waals surface area contributed by atoms with E-state index in [0.717, 1.165) is 25.0 Å². The highest BCUT2D eigenvalue weighted by molar-refractivity contribution is 6.35. The summed E-state index contributed by atoms with van der Waals surface area (Å²) in [6, 6.07) is 0. The predicted octanol–water partition coefficient (Wildman–Crippen LogP) is 0.431. The Hall–Kier alpha value is -1.43. The minimum absolute atomic E-state index is 0.307. The average Bonchev–Trinajstić information content (AvgIpc) is 2.33. The fourth-order valence-electron chi connectivity index (χ4n) is 1.03. The van der Waals surface area contributed by atoms with E-state index in [1.54, 1.807) is 0 Å². The van der Waals surface area contributed by atoms with Gasteiger partial charge in [0.2, 0.25) is 0 Å². The molecule has 98 valence electrons. The number of carbonyl (C=O) groups excluding carboxylic acids is 2. The number of amides is 2. The smallest absolute Gasteiger partial charge is 0.329 e. The molecule has 0 aliphatic rings. The van der Waals surface area contributed by atoms with Gasteiger partial charge in [-0.2, -0.15) is 5.10 Å². The van der Waals surface area contributed by atoms with Crippen LogP contribution in [0.4, 0.5) is 0 Å². The van der Waals surface area contributed by atoms with Crippen LogP contribution in [0.1, 0.15) is 33.1 Å². The molecule has 0 fully saturated rings. The van der Waals surface area contributed by atoms with E-state index in [1.807, 2.05) is 6.92 Å². The third kappa shape index (κ3) is 8.38. The van der Waals surface area contributed by atoms with E-state index in [-0.39, 0.29) is 0 Å². The molecule has 0 heterocycles. The van der Waals surface area contributed by atoms with E-state index in [1.165, 1.54) is 7.11 Å². The van der Waals surface area contributed by atoms with Crippen molar-refractivity contribution in [1.82, 2.24) is 10.7 Å². The number of rotatable bonds is 7. The number of carbonyl (C=O) groups is 2. The van der Waals surface area contributed by atoms with Crippen LogP contribution in [-0.2, 0) is 14.3 Å². The van der Waals surface area contributed by atoms with Crippen LogP contribution in [0.3, 0.4) is 0 Å². The summed E-state index contributed by atoms with van der Waals surface area (Å²) >= 11 is 0. The zero-order chi connectivity index (χ0) is 13.1. The Bertz CT molecular complexity index is 277. The summed E-state index contributed by atoms with van der Waals surface area (Å²) in [4.78, 5) is 22.4. The molecule has 0 aromatic heterocycles. The molecule has 2 N–H and O–H groups in total. The van der Waals surface area contributed by atoms with Crippen molar-refractivity contribution in [1.29, 1.82) is 0 Å². The lowest BCUT2D eigenvalue weighted by Crippen LogP contribution is -2.39. The van der Waals surface area contributed by atoms with Crippen LogP contribution < -0.4 is 10.7 Å². The van der Waals surface area contributed by atoms with Gasteiger partial charge < -0.3 is 10.1 Å². The average molecular weight is 243 g/mol. The minimum atomic E-state index is -0.753. The molecule has 0 spiro atoms. The first kappa shape index (κ1) is 15.6. The minimum Gasteiger partial charge on any atom is -0.383 e. The van der Waals surface area contributed by atoms with Crippen LogP contribution in [0.5, 0.6) is 0 Å². The van der Waals surface area contributed by atoms with Crippen LogP contribution in [0, 0.1) is 0 Å². The fraction of sp³-hybridized carbons (Fsp3) is 0.727. The molecule has 0 aromatic carbocycles. The summed E-state index contributed by atoms with van der Waals surface area (Å²) in [6.07, 6.45) is 2.91. The van der Waals surface area contributed by atoms with Crippen molar-refractivity contribution in [3.63, 3.8) is 0 Å². The zero-order valence-corrected chi connectivity index (χ0v) is 10.7. The third-order valence-corrected chi connectivity index (χ3v) is 2.04. The maximum Gasteiger partial charge on any atom is 0.329 e. The highest BCUT2D eigenvalue weighted by Crippen LogP contribution is 1.95. The Balaban J connectivity index is 3.87. The number of hydrazone groups is 1. The Labute approximate surface area is 102 Å². The lowest BCUT2D eigenvalue weighted by atomic mass is 10.2. The van der Waals surface area contributed by atoms with Crippen LogP contribution in [0.25, 0.3) is 0 Å². The molecule has 6 nitrogen and oxygen atoms in total. The summed E-state index contributed by atoms with van der Waals surface area (Å²) in [5.41, 5.74) is 3.02. The molecule has 0 aromatic rings. The first-order chi connectivity index (χ1) is 8.11. The van der Waals surface area contributed by atoms with Crippen LogP contribution in [0.15, 0.2) is 5.10 Å². The number of hydrogen-bond donors (Lipinski definition) is 2. The number of ether oxygens (including phenoxy) is 1. The maximum atomic E-state index is 11.2. The van der Waals surface area contributed by atoms with Gasteiger partial charge in [0.05, 0.1) is 6.61 Å². The molecule has 0 saturated carbocycles. The van der Waals surface area contributed by atoms with Gasteiger partial charge in [-0.1, -0.05) is 13.3 Å². The van der Waals surface area contributed by atoms with Crippen molar-refractivity contribution in [2.24, 2.45) is 5.10 Å². The molecule has 0 radical (unpaired) electrons. The number of nitrogens with zero attached hydrogens (tertiary/aromatic N) is 1. The SMILES string of the molecule is CCCC/C(C)=N\NC(=O)C(=O)NCCOC. The summed E-state index contributed by atoms with van der Waals surface area (Å²) in [5, 5.41) is 6.24. The number of unbranched alkanes of at least 4 members (excludes halogenated alkanes) is 1. The Morgan fingerprint density at radius 2 is 2.00 bits per heavy atom. The van der Waals surface area contributed by atoms with Gasteiger partial charge in [-0.25, -0.2) is 5.43 Å². The maximum absolute atomic E-state index is 11.2. The van der Waals surface area contributed by atoms with Gasteiger partial charge in [0.1, 0.15) is 0 Å². The second kappa shape index (κ2) is 9.77. The Morgan fingerprint density at radius 3 is 2.59 bits per heavy atom. The van der Waals surface area contributed by atoms with Gasteiger partial charge in [0.15, 0.2) is 0 Å². The standard InChI is InChI=1S/C11H21N3O3/c1-4-5-6-9(2)13-14-11(16)10(15)12-7-8-17-3/h4-8H2,1-3H3,(H,12,15)(H,14,16)/b13-9-. The van der Waals surface area contributed by atoms with Crippen molar-refractivity contribution in [2.45, 2.75) is 33.1 Å². The first-order valence-electron chi connectivity index (χ1n) is 5.72. The summed E-state index contributed by atoms with van der Waals surface area (Å²) in [5.74, 6) is -1.45. The molecule has 0 rings (SSSR count). The number of nitrogens with one attached hydrogen (secondary N) is 2. The molecule has 0 bridgehead atoms. The topological polar surface area (TPSA) is 79.8 Å². The quantitative estimate of drug-likeness (QED) is 0.294. The van der Waals surface area contributed by atoms with Gasteiger partial charge in [-0.05, 0) is 19.8 Å². The second-order valence-electron chi connectivity index (χ2n) is 3.64. The van der Waals surface area contributed by atoms with E-state index in [0.29, 0.717) is 13.2 Å². The van der Waals surface area contributed by atoms with E-state index >= 15 is 0 Å². The molecule has 0 aliphatic heterocycles. The highest BCUT2D eigenvalue weighted by Gasteiger charge is 2.11. The Kier molecular flexibility index (Phi) is 8.95. The van der Waals surface area contributed by atoms with E-state index in [4.69, 9.17) is 4.74 Å². The molecule has 17 heavy (non-hydrogen) atoms. The molecule has 2 amide bonds. The van der Waals surface area contributed by atoms with Gasteiger partial charge in [-0.15, -0.1) is 0 Å². The van der Waals surface area contributed by atoms with Gasteiger partial charge in [-0.3, -0.25) is 9.59 Å². The normalized spacial score (nSPS) is 11.1. The largest absolute Gasteiger partial charge is 0.383 e. The van der Waals surface area contributed by atoms with Gasteiger partial charge in [0, 0.05) is 19.4 Å². The fourth-order valence-corrected chi connectivity index (χ4v) is 1.03. The third-order valence-electron chi connectivity index (χ3n) is 2.04. The zero-order valence-electron chi connectivity index (χ0n) is 10.7. The second-order valence-corrected chi connectivity index (χ2v) is 3.64. The number of methoxy groups -OCH3 is 1. The van der Waals surface area contributed by atoms with Gasteiger partial charge >= 0.3 is 11.8 Å². The molecule has 0 aliphatic carbocycles. The van der Waals surface area contributed by atoms with Crippen molar-refractivity contribution < 1.29 is 14.3 Å². The van der Waals surface area contributed by atoms with E-state index in [9.17, 15) is 9.59 Å². The summed E-state index contributed by atoms with van der Waals surface area (Å²) in [6.45, 7) is 4.58. The van der Waals surface area contributed by atoms with Crippen molar-refractivity contribution in [2.75, 3.05) is 20.3 Å². The molecular weight excluding hydrogens is 222 g/mol. The summed E-state index contributed by atoms with van der Waals surface area (Å²) in [7, 11) is 1.52. The van der Waals surface area contributed by atoms with E-state index in [2.05, 4.69) is 22.8 Å². The van der Waals surface area contributed by atoms with Crippen LogP contribution in [0.2, 0.25) is 0 Å². The lowest BCUT2D eigenvalue weighted by Gasteiger charge is -2.03. The molecular formula is C11H21N3O3. The molecule has 0 atom stereocenters. The van der Waals surface area contributed by atoms with Crippen molar-refractivity contribution >= 4 is 17.5 Å². The first-order valence-corrected chi connectivity index (χ1v) is 5.72. The predicted molar refractivity (Wildman–Crippen MR) is 65.7 cm³/mol. The van der Waals surface area contributed by atoms with Crippen molar-refractivity contribution in [3.8, 4) is 0 Å². The highest BCUT2D eigenvalue weighted by atomic mass is 16.5. The van der Waals surface area contributed by atoms with Crippen molar-refractivity contribution in [3.05, 3.63) is 0 Å². The number of hydrogen-bond acceptors (Lipinski definition) is 4. The summed E-state index contributed by atoms with van der Waals surface area (Å²) < 4.78 is 4.74. The molecule has 6 heteroatoms. The monoisotopic (exact) mass is 243 g/mol. The molecule has 0 saturated heterocycles. The van der Waals surface area contributed by atoms with Crippen LogP contribution in [-0.4, -0.2) is 37.8 Å². The Morgan fingerprint density at radius 1 is 1.29 bits per heavy atom.